The van der Waals surface area contributed by atoms with Gasteiger partial charge in [-0.1, -0.05) is 24.3 Å². The van der Waals surface area contributed by atoms with E-state index in [2.05, 4.69) is 22.2 Å². The number of carbonyl (C=O) groups excluding carboxylic acids is 2. The van der Waals surface area contributed by atoms with Crippen molar-refractivity contribution in [3.63, 3.8) is 0 Å². The third-order valence-corrected chi connectivity index (χ3v) is 3.38. The molecule has 0 spiro atoms. The van der Waals surface area contributed by atoms with Gasteiger partial charge in [-0.15, -0.1) is 6.58 Å². The SMILES string of the molecule is C=CCNC(=O)c1cc(C(=O)Nc2c(C)cccc2C)ccn1. The van der Waals surface area contributed by atoms with Crippen LogP contribution in [0.3, 0.4) is 0 Å². The maximum Gasteiger partial charge on any atom is 0.270 e. The average molecular weight is 309 g/mol. The second-order valence-electron chi connectivity index (χ2n) is 5.15. The van der Waals surface area contributed by atoms with Crippen LogP contribution in [-0.2, 0) is 0 Å². The number of carbonyl (C=O) groups is 2. The first kappa shape index (κ1) is 16.4. The number of hydrogen-bond acceptors (Lipinski definition) is 3. The molecule has 0 saturated heterocycles. The number of para-hydroxylation sites is 1. The Kier molecular flexibility index (Phi) is 5.25. The van der Waals surface area contributed by atoms with E-state index in [0.29, 0.717) is 12.1 Å². The topological polar surface area (TPSA) is 71.1 Å². The van der Waals surface area contributed by atoms with E-state index in [1.165, 1.54) is 12.3 Å². The van der Waals surface area contributed by atoms with E-state index in [1.807, 2.05) is 32.0 Å². The van der Waals surface area contributed by atoms with Gasteiger partial charge < -0.3 is 10.6 Å². The number of amides is 2. The summed E-state index contributed by atoms with van der Waals surface area (Å²) in [5, 5.41) is 5.52. The van der Waals surface area contributed by atoms with E-state index in [1.54, 1.807) is 12.1 Å². The summed E-state index contributed by atoms with van der Waals surface area (Å²) in [6, 6.07) is 8.86. The number of pyridine rings is 1. The summed E-state index contributed by atoms with van der Waals surface area (Å²) in [6.45, 7) is 7.75. The Bertz CT molecular complexity index is 733. The molecule has 2 rings (SSSR count). The molecule has 5 nitrogen and oxygen atoms in total. The molecule has 1 aromatic heterocycles. The molecule has 5 heteroatoms. The Labute approximate surface area is 135 Å². The van der Waals surface area contributed by atoms with E-state index in [4.69, 9.17) is 0 Å². The molecule has 0 bridgehead atoms. The third-order valence-electron chi connectivity index (χ3n) is 3.38. The van der Waals surface area contributed by atoms with Crippen molar-refractivity contribution < 1.29 is 9.59 Å². The van der Waals surface area contributed by atoms with Gasteiger partial charge in [-0.25, -0.2) is 0 Å². The highest BCUT2D eigenvalue weighted by molar-refractivity contribution is 6.06. The lowest BCUT2D eigenvalue weighted by Gasteiger charge is -2.11. The Morgan fingerprint density at radius 1 is 1.17 bits per heavy atom. The minimum Gasteiger partial charge on any atom is -0.347 e. The molecule has 0 aliphatic heterocycles. The summed E-state index contributed by atoms with van der Waals surface area (Å²) in [4.78, 5) is 28.3. The van der Waals surface area contributed by atoms with Crippen molar-refractivity contribution in [3.05, 3.63) is 71.6 Å². The fourth-order valence-corrected chi connectivity index (χ4v) is 2.15. The van der Waals surface area contributed by atoms with Crippen molar-refractivity contribution in [2.45, 2.75) is 13.8 Å². The highest BCUT2D eigenvalue weighted by Crippen LogP contribution is 2.20. The van der Waals surface area contributed by atoms with Gasteiger partial charge in [0.25, 0.3) is 11.8 Å². The van der Waals surface area contributed by atoms with E-state index >= 15 is 0 Å². The fourth-order valence-electron chi connectivity index (χ4n) is 2.15. The molecule has 1 aromatic carbocycles. The molecule has 0 radical (unpaired) electrons. The predicted octanol–water partition coefficient (Wildman–Crippen LogP) is 2.87. The molecule has 0 atom stereocenters. The zero-order valence-corrected chi connectivity index (χ0v) is 13.2. The predicted molar refractivity (Wildman–Crippen MR) is 90.6 cm³/mol. The first-order valence-corrected chi connectivity index (χ1v) is 7.25. The molecule has 0 unspecified atom stereocenters. The van der Waals surface area contributed by atoms with Gasteiger partial charge in [0, 0.05) is 24.0 Å². The van der Waals surface area contributed by atoms with Crippen LogP contribution in [0.25, 0.3) is 0 Å². The number of anilines is 1. The van der Waals surface area contributed by atoms with Gasteiger partial charge >= 0.3 is 0 Å². The van der Waals surface area contributed by atoms with E-state index < -0.39 is 0 Å². The van der Waals surface area contributed by atoms with E-state index in [-0.39, 0.29) is 17.5 Å². The summed E-state index contributed by atoms with van der Waals surface area (Å²) >= 11 is 0. The van der Waals surface area contributed by atoms with Crippen LogP contribution in [0.4, 0.5) is 5.69 Å². The zero-order valence-electron chi connectivity index (χ0n) is 13.2. The second kappa shape index (κ2) is 7.35. The third kappa shape index (κ3) is 4.03. The minimum absolute atomic E-state index is 0.195. The molecule has 2 amide bonds. The van der Waals surface area contributed by atoms with Crippen LogP contribution in [0.2, 0.25) is 0 Å². The van der Waals surface area contributed by atoms with Crippen molar-refractivity contribution in [3.8, 4) is 0 Å². The van der Waals surface area contributed by atoms with Crippen molar-refractivity contribution in [1.82, 2.24) is 10.3 Å². The first-order chi connectivity index (χ1) is 11.0. The molecule has 2 N–H and O–H groups in total. The molecule has 2 aromatic rings. The largest absolute Gasteiger partial charge is 0.347 e. The Balaban J connectivity index is 2.20. The highest BCUT2D eigenvalue weighted by Gasteiger charge is 2.13. The summed E-state index contributed by atoms with van der Waals surface area (Å²) in [7, 11) is 0. The molecule has 0 saturated carbocycles. The fraction of sp³-hybridized carbons (Fsp3) is 0.167. The molecule has 23 heavy (non-hydrogen) atoms. The maximum atomic E-state index is 12.4. The summed E-state index contributed by atoms with van der Waals surface area (Å²) in [5.74, 6) is -0.616. The average Bonchev–Trinajstić information content (AvgIpc) is 2.56. The van der Waals surface area contributed by atoms with Gasteiger partial charge in [0.1, 0.15) is 5.69 Å². The lowest BCUT2D eigenvalue weighted by molar-refractivity contribution is 0.0953. The maximum absolute atomic E-state index is 12.4. The zero-order chi connectivity index (χ0) is 16.8. The van der Waals surface area contributed by atoms with Crippen molar-refractivity contribution in [2.24, 2.45) is 0 Å². The monoisotopic (exact) mass is 309 g/mol. The standard InChI is InChI=1S/C18H19N3O2/c1-4-9-20-18(23)15-11-14(8-10-19-15)17(22)21-16-12(2)6-5-7-13(16)3/h4-8,10-11H,1,9H2,2-3H3,(H,20,23)(H,21,22). The Morgan fingerprint density at radius 2 is 1.87 bits per heavy atom. The van der Waals surface area contributed by atoms with Crippen LogP contribution in [-0.4, -0.2) is 23.3 Å². The number of benzene rings is 1. The molecule has 0 aliphatic rings. The number of nitrogens with one attached hydrogen (secondary N) is 2. The molecule has 118 valence electrons. The molecule has 1 heterocycles. The van der Waals surface area contributed by atoms with E-state index in [9.17, 15) is 9.59 Å². The van der Waals surface area contributed by atoms with Gasteiger partial charge in [0.15, 0.2) is 0 Å². The van der Waals surface area contributed by atoms with E-state index in [0.717, 1.165) is 16.8 Å². The number of aryl methyl sites for hydroxylation is 2. The van der Waals surface area contributed by atoms with Gasteiger partial charge in [0.05, 0.1) is 0 Å². The first-order valence-electron chi connectivity index (χ1n) is 7.25. The smallest absolute Gasteiger partial charge is 0.270 e. The van der Waals surface area contributed by atoms with Crippen molar-refractivity contribution >= 4 is 17.5 Å². The van der Waals surface area contributed by atoms with Gasteiger partial charge in [-0.2, -0.15) is 0 Å². The number of nitrogens with zero attached hydrogens (tertiary/aromatic N) is 1. The van der Waals surface area contributed by atoms with Crippen LogP contribution >= 0.6 is 0 Å². The molecular weight excluding hydrogens is 290 g/mol. The number of aromatic nitrogens is 1. The van der Waals surface area contributed by atoms with Crippen LogP contribution in [0.15, 0.2) is 49.2 Å². The van der Waals surface area contributed by atoms with Crippen LogP contribution < -0.4 is 10.6 Å². The summed E-state index contributed by atoms with van der Waals surface area (Å²) < 4.78 is 0. The Hall–Kier alpha value is -2.95. The van der Waals surface area contributed by atoms with Gasteiger partial charge in [-0.05, 0) is 37.1 Å². The van der Waals surface area contributed by atoms with Gasteiger partial charge in [0.2, 0.25) is 0 Å². The number of hydrogen-bond donors (Lipinski definition) is 2. The summed E-state index contributed by atoms with van der Waals surface area (Å²) in [6.07, 6.45) is 3.03. The normalized spacial score (nSPS) is 10.0. The lowest BCUT2D eigenvalue weighted by atomic mass is 10.1. The van der Waals surface area contributed by atoms with Crippen LogP contribution in [0, 0.1) is 13.8 Å². The number of rotatable bonds is 5. The second-order valence-corrected chi connectivity index (χ2v) is 5.15. The molecule has 0 aliphatic carbocycles. The quantitative estimate of drug-likeness (QED) is 0.834. The Morgan fingerprint density at radius 3 is 2.52 bits per heavy atom. The lowest BCUT2D eigenvalue weighted by Crippen LogP contribution is -2.25. The minimum atomic E-state index is -0.341. The van der Waals surface area contributed by atoms with Crippen molar-refractivity contribution in [1.29, 1.82) is 0 Å². The van der Waals surface area contributed by atoms with Crippen LogP contribution in [0.1, 0.15) is 32.0 Å². The highest BCUT2D eigenvalue weighted by atomic mass is 16.2. The van der Waals surface area contributed by atoms with Crippen LogP contribution in [0.5, 0.6) is 0 Å². The molecule has 0 fully saturated rings. The molecular formula is C18H19N3O2. The van der Waals surface area contributed by atoms with Gasteiger partial charge in [-0.3, -0.25) is 14.6 Å². The van der Waals surface area contributed by atoms with Crippen molar-refractivity contribution in [2.75, 3.05) is 11.9 Å². The summed E-state index contributed by atoms with van der Waals surface area (Å²) in [5.41, 5.74) is 3.33.